The van der Waals surface area contributed by atoms with Gasteiger partial charge in [0.2, 0.25) is 0 Å². The van der Waals surface area contributed by atoms with Gasteiger partial charge in [0.25, 0.3) is 0 Å². The van der Waals surface area contributed by atoms with Gasteiger partial charge in [-0.3, -0.25) is 0 Å². The molecule has 0 saturated carbocycles. The number of alkyl halides is 1. The van der Waals surface area contributed by atoms with E-state index >= 15 is 0 Å². The number of likely N-dealkylation sites (N-methyl/N-ethyl adjacent to an activating group) is 1. The highest BCUT2D eigenvalue weighted by molar-refractivity contribution is 14.1. The van der Waals surface area contributed by atoms with Crippen LogP contribution in [-0.2, 0) is 13.0 Å². The molecule has 0 spiro atoms. The average Bonchev–Trinajstić information content (AvgIpc) is 3.45. The van der Waals surface area contributed by atoms with Crippen LogP contribution in [0.15, 0.2) is 65.0 Å². The summed E-state index contributed by atoms with van der Waals surface area (Å²) in [4.78, 5) is 12.8. The summed E-state index contributed by atoms with van der Waals surface area (Å²) in [6.45, 7) is 2.53. The van der Waals surface area contributed by atoms with Gasteiger partial charge in [0, 0.05) is 23.9 Å². The number of nitrogens with zero attached hydrogens (tertiary/aromatic N) is 4. The number of imidazole rings is 1. The van der Waals surface area contributed by atoms with E-state index in [1.54, 1.807) is 11.3 Å². The lowest BCUT2D eigenvalue weighted by atomic mass is 10.1. The molecule has 0 bridgehead atoms. The molecule has 0 saturated heterocycles. The largest absolute Gasteiger partial charge is 0.493 e. The lowest BCUT2D eigenvalue weighted by Crippen LogP contribution is -2.19. The van der Waals surface area contributed by atoms with Crippen LogP contribution in [0.1, 0.15) is 16.3 Å². The topological polar surface area (TPSA) is 68.7 Å². The van der Waals surface area contributed by atoms with E-state index < -0.39 is 0 Å². The van der Waals surface area contributed by atoms with Crippen LogP contribution in [0.25, 0.3) is 11.0 Å². The average molecular weight is 574 g/mol. The number of hydrogen-bond donors (Lipinski definition) is 1. The van der Waals surface area contributed by atoms with Crippen molar-refractivity contribution in [3.8, 4) is 5.75 Å². The Balaban J connectivity index is 1.63. The highest BCUT2D eigenvalue weighted by atomic mass is 127. The molecule has 6 nitrogen and oxygen atoms in total. The Hall–Kier alpha value is -2.43. The molecule has 2 N–H and O–H groups in total. The quantitative estimate of drug-likeness (QED) is 0.124. The number of halogens is 1. The molecule has 2 aromatic carbocycles. The van der Waals surface area contributed by atoms with Gasteiger partial charge in [0.15, 0.2) is 0 Å². The van der Waals surface area contributed by atoms with Gasteiger partial charge in [-0.25, -0.2) is 9.98 Å². The smallest absolute Gasteiger partial charge is 0.141 e. The molecule has 2 heterocycles. The predicted octanol–water partition coefficient (Wildman–Crippen LogP) is 5.10. The van der Waals surface area contributed by atoms with E-state index in [1.807, 2.05) is 41.8 Å². The summed E-state index contributed by atoms with van der Waals surface area (Å²) in [7, 11) is 4.18. The van der Waals surface area contributed by atoms with E-state index in [2.05, 4.69) is 69.3 Å². The van der Waals surface area contributed by atoms with E-state index in [-0.39, 0.29) is 0 Å². The van der Waals surface area contributed by atoms with Crippen molar-refractivity contribution in [3.05, 3.63) is 76.2 Å². The van der Waals surface area contributed by atoms with Gasteiger partial charge >= 0.3 is 0 Å². The first-order chi connectivity index (χ1) is 16.0. The van der Waals surface area contributed by atoms with Gasteiger partial charge in [-0.1, -0.05) is 40.8 Å². The molecule has 0 aliphatic rings. The third-order valence-corrected chi connectivity index (χ3v) is 6.57. The number of ether oxygens (including phenoxy) is 1. The van der Waals surface area contributed by atoms with Gasteiger partial charge in [-0.05, 0) is 61.4 Å². The van der Waals surface area contributed by atoms with Crippen molar-refractivity contribution in [3.63, 3.8) is 0 Å². The molecule has 0 radical (unpaired) electrons. The second-order valence-electron chi connectivity index (χ2n) is 7.99. The second kappa shape index (κ2) is 11.1. The Morgan fingerprint density at radius 1 is 1.18 bits per heavy atom. The Kier molecular flexibility index (Phi) is 8.00. The number of aromatic nitrogens is 2. The lowest BCUT2D eigenvalue weighted by molar-refractivity contribution is 0.346. The van der Waals surface area contributed by atoms with Gasteiger partial charge in [-0.2, -0.15) is 0 Å². The van der Waals surface area contributed by atoms with Crippen molar-refractivity contribution < 1.29 is 4.74 Å². The molecule has 4 rings (SSSR count). The zero-order valence-corrected chi connectivity index (χ0v) is 21.8. The van der Waals surface area contributed by atoms with Crippen molar-refractivity contribution in [2.24, 2.45) is 10.7 Å². The van der Waals surface area contributed by atoms with Gasteiger partial charge in [-0.15, -0.1) is 11.3 Å². The monoisotopic (exact) mass is 573 g/mol. The highest BCUT2D eigenvalue weighted by Crippen LogP contribution is 2.25. The van der Waals surface area contributed by atoms with Crippen LogP contribution in [0.4, 0.5) is 5.69 Å². The molecular weight excluding hydrogens is 545 g/mol. The Morgan fingerprint density at radius 3 is 2.70 bits per heavy atom. The standard InChI is InChI=1S/C25H28IN5OS/c1-30(2)12-13-31-22-10-7-19(28-25(27)23-4-3-15-33-23)17-21(22)29-24(31)16-18-5-8-20(9-6-18)32-14-11-26/h3-10,15,17H,11-14,16H2,1-2H3,(H2,27,28). The molecular formula is C25H28IN5OS. The number of nitrogens with two attached hydrogens (primary N) is 1. The van der Waals surface area contributed by atoms with Crippen molar-refractivity contribution in [1.82, 2.24) is 14.5 Å². The molecule has 0 fully saturated rings. The maximum absolute atomic E-state index is 6.20. The minimum Gasteiger partial charge on any atom is -0.493 e. The van der Waals surface area contributed by atoms with Crippen LogP contribution in [0, 0.1) is 0 Å². The van der Waals surface area contributed by atoms with Gasteiger partial charge in [0.1, 0.15) is 17.4 Å². The second-order valence-corrected chi connectivity index (χ2v) is 10.0. The zero-order chi connectivity index (χ0) is 23.2. The summed E-state index contributed by atoms with van der Waals surface area (Å²) >= 11 is 3.90. The van der Waals surface area contributed by atoms with E-state index in [4.69, 9.17) is 15.5 Å². The summed E-state index contributed by atoms with van der Waals surface area (Å²) in [6.07, 6.45) is 0.755. The van der Waals surface area contributed by atoms with Crippen LogP contribution < -0.4 is 10.5 Å². The minimum atomic E-state index is 0.529. The van der Waals surface area contributed by atoms with Crippen molar-refractivity contribution in [1.29, 1.82) is 0 Å². The first kappa shape index (κ1) is 23.7. The minimum absolute atomic E-state index is 0.529. The van der Waals surface area contributed by atoms with Crippen LogP contribution in [0.3, 0.4) is 0 Å². The predicted molar refractivity (Wildman–Crippen MR) is 147 cm³/mol. The van der Waals surface area contributed by atoms with E-state index in [9.17, 15) is 0 Å². The SMILES string of the molecule is CN(C)CCn1c(Cc2ccc(OCCI)cc2)nc2cc(N=C(N)c3cccs3)ccc21. The van der Waals surface area contributed by atoms with E-state index in [1.165, 1.54) is 5.56 Å². The molecule has 0 amide bonds. The zero-order valence-electron chi connectivity index (χ0n) is 18.9. The van der Waals surface area contributed by atoms with Gasteiger partial charge in [0.05, 0.1) is 28.2 Å². The molecule has 4 aromatic rings. The number of fused-ring (bicyclic) bond motifs is 1. The molecule has 0 aliphatic heterocycles. The van der Waals surface area contributed by atoms with Crippen molar-refractivity contribution in [2.45, 2.75) is 13.0 Å². The Morgan fingerprint density at radius 2 is 2.00 bits per heavy atom. The Bertz CT molecular complexity index is 1220. The third kappa shape index (κ3) is 6.13. The van der Waals surface area contributed by atoms with Crippen LogP contribution in [0.5, 0.6) is 5.75 Å². The molecule has 0 unspecified atom stereocenters. The summed E-state index contributed by atoms with van der Waals surface area (Å²) in [6, 6.07) is 18.4. The van der Waals surface area contributed by atoms with Gasteiger partial charge < -0.3 is 19.9 Å². The fourth-order valence-electron chi connectivity index (χ4n) is 3.58. The number of rotatable bonds is 10. The van der Waals surface area contributed by atoms with E-state index in [0.717, 1.165) is 63.7 Å². The van der Waals surface area contributed by atoms with Crippen LogP contribution in [0.2, 0.25) is 0 Å². The number of benzene rings is 2. The van der Waals surface area contributed by atoms with Crippen molar-refractivity contribution in [2.75, 3.05) is 31.7 Å². The molecule has 172 valence electrons. The number of thiophene rings is 1. The summed E-state index contributed by atoms with van der Waals surface area (Å²) in [5.74, 6) is 2.48. The lowest BCUT2D eigenvalue weighted by Gasteiger charge is -2.14. The highest BCUT2D eigenvalue weighted by Gasteiger charge is 2.13. The first-order valence-corrected chi connectivity index (χ1v) is 13.2. The molecule has 8 heteroatoms. The molecule has 0 aliphatic carbocycles. The fourth-order valence-corrected chi connectivity index (χ4v) is 4.43. The summed E-state index contributed by atoms with van der Waals surface area (Å²) in [5, 5.41) is 2.00. The molecule has 0 atom stereocenters. The first-order valence-electron chi connectivity index (χ1n) is 10.8. The van der Waals surface area contributed by atoms with Crippen molar-refractivity contribution >= 4 is 56.5 Å². The number of aliphatic imine (C=N–C) groups is 1. The van der Waals surface area contributed by atoms with Crippen LogP contribution >= 0.6 is 33.9 Å². The number of hydrogen-bond acceptors (Lipinski definition) is 5. The third-order valence-electron chi connectivity index (χ3n) is 5.24. The van der Waals surface area contributed by atoms with E-state index in [0.29, 0.717) is 5.84 Å². The summed E-state index contributed by atoms with van der Waals surface area (Å²) < 4.78 is 9.00. The number of amidine groups is 1. The molecule has 2 aromatic heterocycles. The maximum atomic E-state index is 6.20. The normalized spacial score (nSPS) is 12.1. The summed E-state index contributed by atoms with van der Waals surface area (Å²) in [5.41, 5.74) is 10.3. The Labute approximate surface area is 212 Å². The maximum Gasteiger partial charge on any atom is 0.141 e. The van der Waals surface area contributed by atoms with Crippen LogP contribution in [-0.4, -0.2) is 52.0 Å². The molecule has 33 heavy (non-hydrogen) atoms. The fraction of sp³-hybridized carbons (Fsp3) is 0.280.